The summed E-state index contributed by atoms with van der Waals surface area (Å²) in [6, 6.07) is 13.2. The molecule has 0 unspecified atom stereocenters. The number of hydrogen-bond acceptors (Lipinski definition) is 5. The van der Waals surface area contributed by atoms with E-state index in [4.69, 9.17) is 4.74 Å². The van der Waals surface area contributed by atoms with Gasteiger partial charge in [-0.2, -0.15) is 0 Å². The van der Waals surface area contributed by atoms with Crippen LogP contribution in [0.25, 0.3) is 10.9 Å². The van der Waals surface area contributed by atoms with Gasteiger partial charge in [0.25, 0.3) is 5.56 Å². The van der Waals surface area contributed by atoms with Gasteiger partial charge in [0.1, 0.15) is 0 Å². The van der Waals surface area contributed by atoms with E-state index in [-0.39, 0.29) is 5.56 Å². The van der Waals surface area contributed by atoms with E-state index in [1.165, 1.54) is 11.8 Å². The second-order valence-corrected chi connectivity index (χ2v) is 5.91. The van der Waals surface area contributed by atoms with Gasteiger partial charge in [0.2, 0.25) is 0 Å². The largest absolute Gasteiger partial charge is 0.383 e. The maximum absolute atomic E-state index is 12.7. The van der Waals surface area contributed by atoms with Crippen LogP contribution in [0.1, 0.15) is 5.69 Å². The van der Waals surface area contributed by atoms with Crippen molar-refractivity contribution in [2.45, 2.75) is 17.5 Å². The fourth-order valence-corrected chi connectivity index (χ4v) is 3.20. The van der Waals surface area contributed by atoms with Crippen LogP contribution in [-0.4, -0.2) is 28.3 Å². The molecule has 0 amide bonds. The van der Waals surface area contributed by atoms with E-state index in [0.717, 1.165) is 11.2 Å². The Morgan fingerprint density at radius 3 is 2.78 bits per heavy atom. The molecule has 0 aliphatic heterocycles. The highest BCUT2D eigenvalue weighted by Crippen LogP contribution is 2.21. The lowest BCUT2D eigenvalue weighted by atomic mass is 10.2. The third-order valence-electron chi connectivity index (χ3n) is 3.42. The number of hydrogen-bond donors (Lipinski definition) is 0. The molecular formula is C17H17N3O2S. The number of thioether (sulfide) groups is 1. The van der Waals surface area contributed by atoms with Gasteiger partial charge in [-0.3, -0.25) is 14.3 Å². The summed E-state index contributed by atoms with van der Waals surface area (Å²) in [5.74, 6) is 0.665. The molecule has 5 nitrogen and oxygen atoms in total. The lowest BCUT2D eigenvalue weighted by Crippen LogP contribution is -2.25. The third kappa shape index (κ3) is 3.60. The minimum Gasteiger partial charge on any atom is -0.383 e. The lowest BCUT2D eigenvalue weighted by Gasteiger charge is -2.12. The highest BCUT2D eigenvalue weighted by molar-refractivity contribution is 7.98. The minimum absolute atomic E-state index is 0.0313. The number of ether oxygens (including phenoxy) is 1. The average Bonchev–Trinajstić information content (AvgIpc) is 2.60. The molecule has 3 aromatic rings. The van der Waals surface area contributed by atoms with Crippen LogP contribution < -0.4 is 5.56 Å². The first kappa shape index (κ1) is 15.7. The second kappa shape index (κ2) is 7.39. The molecule has 3 rings (SSSR count). The third-order valence-corrected chi connectivity index (χ3v) is 4.43. The highest BCUT2D eigenvalue weighted by Gasteiger charge is 2.11. The van der Waals surface area contributed by atoms with Crippen molar-refractivity contribution in [3.8, 4) is 0 Å². The highest BCUT2D eigenvalue weighted by atomic mass is 32.2. The number of pyridine rings is 1. The second-order valence-electron chi connectivity index (χ2n) is 4.97. The van der Waals surface area contributed by atoms with E-state index in [1.54, 1.807) is 23.9 Å². The predicted octanol–water partition coefficient (Wildman–Crippen LogP) is 2.73. The van der Waals surface area contributed by atoms with Crippen LogP contribution in [0.5, 0.6) is 0 Å². The number of aromatic nitrogens is 3. The van der Waals surface area contributed by atoms with Gasteiger partial charge in [0.15, 0.2) is 5.16 Å². The number of para-hydroxylation sites is 1. The number of nitrogens with zero attached hydrogens (tertiary/aromatic N) is 3. The van der Waals surface area contributed by atoms with Crippen LogP contribution >= 0.6 is 11.8 Å². The number of fused-ring (bicyclic) bond motifs is 1. The van der Waals surface area contributed by atoms with Crippen LogP contribution in [0, 0.1) is 0 Å². The van der Waals surface area contributed by atoms with Gasteiger partial charge in [-0.1, -0.05) is 30.0 Å². The first-order valence-corrected chi connectivity index (χ1v) is 8.29. The minimum atomic E-state index is -0.0313. The monoisotopic (exact) mass is 327 g/mol. The van der Waals surface area contributed by atoms with Crippen molar-refractivity contribution < 1.29 is 4.74 Å². The van der Waals surface area contributed by atoms with Gasteiger partial charge < -0.3 is 4.74 Å². The Bertz CT molecular complexity index is 849. The number of methoxy groups -OCH3 is 1. The SMILES string of the molecule is COCCn1c(SCc2ccccn2)nc2ccccc2c1=O. The Morgan fingerprint density at radius 1 is 1.17 bits per heavy atom. The van der Waals surface area contributed by atoms with Crippen molar-refractivity contribution in [2.24, 2.45) is 0 Å². The van der Waals surface area contributed by atoms with Gasteiger partial charge in [-0.05, 0) is 24.3 Å². The fraction of sp³-hybridized carbons (Fsp3) is 0.235. The lowest BCUT2D eigenvalue weighted by molar-refractivity contribution is 0.183. The number of rotatable bonds is 6. The van der Waals surface area contributed by atoms with E-state index in [2.05, 4.69) is 9.97 Å². The molecule has 118 valence electrons. The van der Waals surface area contributed by atoms with Gasteiger partial charge in [-0.25, -0.2) is 4.98 Å². The Balaban J connectivity index is 1.97. The standard InChI is InChI=1S/C17H17N3O2S/c1-22-11-10-20-16(21)14-7-2-3-8-15(14)19-17(20)23-12-13-6-4-5-9-18-13/h2-9H,10-12H2,1H3. The van der Waals surface area contributed by atoms with E-state index < -0.39 is 0 Å². The summed E-state index contributed by atoms with van der Waals surface area (Å²) in [4.78, 5) is 21.7. The molecule has 0 spiro atoms. The molecule has 0 N–H and O–H groups in total. The van der Waals surface area contributed by atoms with E-state index in [0.29, 0.717) is 29.4 Å². The Kier molecular flexibility index (Phi) is 5.05. The zero-order chi connectivity index (χ0) is 16.1. The molecule has 2 aromatic heterocycles. The molecule has 0 bridgehead atoms. The van der Waals surface area contributed by atoms with Gasteiger partial charge in [-0.15, -0.1) is 0 Å². The molecule has 0 aliphatic carbocycles. The van der Waals surface area contributed by atoms with Crippen LogP contribution in [0.4, 0.5) is 0 Å². The molecule has 23 heavy (non-hydrogen) atoms. The van der Waals surface area contributed by atoms with E-state index in [1.807, 2.05) is 36.4 Å². The van der Waals surface area contributed by atoms with Crippen molar-refractivity contribution in [1.82, 2.24) is 14.5 Å². The van der Waals surface area contributed by atoms with Crippen molar-refractivity contribution in [1.29, 1.82) is 0 Å². The van der Waals surface area contributed by atoms with Crippen molar-refractivity contribution >= 4 is 22.7 Å². The summed E-state index contributed by atoms with van der Waals surface area (Å²) in [7, 11) is 1.63. The molecule has 1 aromatic carbocycles. The summed E-state index contributed by atoms with van der Waals surface area (Å²) in [6.07, 6.45) is 1.77. The quantitative estimate of drug-likeness (QED) is 0.515. The first-order valence-electron chi connectivity index (χ1n) is 7.31. The van der Waals surface area contributed by atoms with Crippen molar-refractivity contribution in [2.75, 3.05) is 13.7 Å². The summed E-state index contributed by atoms with van der Waals surface area (Å²) in [5.41, 5.74) is 1.64. The fourth-order valence-electron chi connectivity index (χ4n) is 2.26. The molecule has 0 saturated heterocycles. The Morgan fingerprint density at radius 2 is 2.00 bits per heavy atom. The van der Waals surface area contributed by atoms with Crippen LogP contribution in [-0.2, 0) is 17.0 Å². The van der Waals surface area contributed by atoms with Crippen molar-refractivity contribution in [3.63, 3.8) is 0 Å². The zero-order valence-electron chi connectivity index (χ0n) is 12.8. The molecule has 0 radical (unpaired) electrons. The molecule has 2 heterocycles. The number of benzene rings is 1. The first-order chi connectivity index (χ1) is 11.3. The average molecular weight is 327 g/mol. The van der Waals surface area contributed by atoms with Crippen LogP contribution in [0.3, 0.4) is 0 Å². The summed E-state index contributed by atoms with van der Waals surface area (Å²) >= 11 is 1.51. The van der Waals surface area contributed by atoms with Crippen molar-refractivity contribution in [3.05, 3.63) is 64.7 Å². The predicted molar refractivity (Wildman–Crippen MR) is 91.7 cm³/mol. The van der Waals surface area contributed by atoms with Gasteiger partial charge in [0, 0.05) is 19.1 Å². The van der Waals surface area contributed by atoms with Gasteiger partial charge in [0.05, 0.1) is 29.7 Å². The van der Waals surface area contributed by atoms with Crippen LogP contribution in [0.15, 0.2) is 58.6 Å². The molecule has 6 heteroatoms. The molecule has 0 atom stereocenters. The van der Waals surface area contributed by atoms with E-state index >= 15 is 0 Å². The maximum atomic E-state index is 12.7. The summed E-state index contributed by atoms with van der Waals surface area (Å²) in [6.45, 7) is 0.953. The Hall–Kier alpha value is -2.18. The van der Waals surface area contributed by atoms with Gasteiger partial charge >= 0.3 is 0 Å². The van der Waals surface area contributed by atoms with Crippen LogP contribution in [0.2, 0.25) is 0 Å². The summed E-state index contributed by atoms with van der Waals surface area (Å²) < 4.78 is 6.80. The molecule has 0 saturated carbocycles. The zero-order valence-corrected chi connectivity index (χ0v) is 13.6. The smallest absolute Gasteiger partial charge is 0.262 e. The summed E-state index contributed by atoms with van der Waals surface area (Å²) in [5, 5.41) is 1.32. The Labute approximate surface area is 138 Å². The van der Waals surface area contributed by atoms with E-state index in [9.17, 15) is 4.79 Å². The topological polar surface area (TPSA) is 57.0 Å². The molecule has 0 fully saturated rings. The normalized spacial score (nSPS) is 11.0. The molecular weight excluding hydrogens is 310 g/mol. The molecule has 0 aliphatic rings. The maximum Gasteiger partial charge on any atom is 0.262 e.